The van der Waals surface area contributed by atoms with Gasteiger partial charge in [0, 0.05) is 31.7 Å². The minimum atomic E-state index is -0.255. The van der Waals surface area contributed by atoms with Crippen LogP contribution in [-0.2, 0) is 9.47 Å². The quantitative estimate of drug-likeness (QED) is 0.687. The number of benzene rings is 2. The lowest BCUT2D eigenvalue weighted by Crippen LogP contribution is -2.55. The number of nitrogens with zero attached hydrogens (tertiary/aromatic N) is 2. The zero-order valence-electron chi connectivity index (χ0n) is 18.0. The fraction of sp³-hybridized carbons (Fsp3) is 0.480. The molecule has 5 heteroatoms. The lowest BCUT2D eigenvalue weighted by atomic mass is 9.87. The van der Waals surface area contributed by atoms with Crippen LogP contribution in [-0.4, -0.2) is 74.2 Å². The van der Waals surface area contributed by atoms with Crippen LogP contribution in [0.25, 0.3) is 0 Å². The summed E-state index contributed by atoms with van der Waals surface area (Å²) in [7, 11) is 0. The summed E-state index contributed by atoms with van der Waals surface area (Å²) in [5.74, 6) is 0.207. The van der Waals surface area contributed by atoms with Gasteiger partial charge in [-0.25, -0.2) is 0 Å². The Bertz CT molecular complexity index is 843. The van der Waals surface area contributed by atoms with E-state index in [1.165, 1.54) is 5.56 Å². The van der Waals surface area contributed by atoms with Gasteiger partial charge in [0.15, 0.2) is 5.78 Å². The summed E-state index contributed by atoms with van der Waals surface area (Å²) in [6.07, 6.45) is 0. The molecule has 0 aliphatic carbocycles. The molecule has 0 bridgehead atoms. The molecule has 160 valence electrons. The molecule has 2 fully saturated rings. The molecule has 0 amide bonds. The Hall–Kier alpha value is -2.05. The number of Topliss-reactive ketones (excluding diaryl/α,β-unsaturated/α-hetero) is 1. The van der Waals surface area contributed by atoms with E-state index in [1.54, 1.807) is 0 Å². The lowest BCUT2D eigenvalue weighted by Gasteiger charge is -2.44. The molecule has 0 radical (unpaired) electrons. The maximum atomic E-state index is 14.1. The van der Waals surface area contributed by atoms with Gasteiger partial charge >= 0.3 is 0 Å². The number of aryl methyl sites for hydroxylation is 2. The first-order chi connectivity index (χ1) is 14.6. The number of ketones is 1. The average molecular weight is 409 g/mol. The van der Waals surface area contributed by atoms with E-state index >= 15 is 0 Å². The topological polar surface area (TPSA) is 42.0 Å². The van der Waals surface area contributed by atoms with Crippen molar-refractivity contribution < 1.29 is 14.3 Å². The number of hydrogen-bond acceptors (Lipinski definition) is 5. The zero-order valence-corrected chi connectivity index (χ0v) is 18.0. The lowest BCUT2D eigenvalue weighted by molar-refractivity contribution is -0.0301. The second kappa shape index (κ2) is 9.84. The minimum absolute atomic E-state index is 0.0133. The predicted molar refractivity (Wildman–Crippen MR) is 118 cm³/mol. The largest absolute Gasteiger partial charge is 0.379 e. The van der Waals surface area contributed by atoms with E-state index in [-0.39, 0.29) is 17.9 Å². The van der Waals surface area contributed by atoms with Crippen molar-refractivity contribution in [2.75, 3.05) is 52.6 Å². The molecule has 0 saturated carbocycles. The highest BCUT2D eigenvalue weighted by Crippen LogP contribution is 2.32. The average Bonchev–Trinajstić information content (AvgIpc) is 2.80. The number of carbonyl (C=O) groups is 1. The van der Waals surface area contributed by atoms with E-state index in [1.807, 2.05) is 19.1 Å². The van der Waals surface area contributed by atoms with Crippen LogP contribution in [0, 0.1) is 13.8 Å². The number of hydrogen-bond donors (Lipinski definition) is 0. The van der Waals surface area contributed by atoms with Crippen LogP contribution in [0.15, 0.2) is 48.5 Å². The van der Waals surface area contributed by atoms with Crippen molar-refractivity contribution in [2.45, 2.75) is 25.9 Å². The molecule has 30 heavy (non-hydrogen) atoms. The minimum Gasteiger partial charge on any atom is -0.379 e. The van der Waals surface area contributed by atoms with Crippen LogP contribution >= 0.6 is 0 Å². The fourth-order valence-corrected chi connectivity index (χ4v) is 4.62. The van der Waals surface area contributed by atoms with Crippen molar-refractivity contribution >= 4 is 5.78 Å². The highest BCUT2D eigenvalue weighted by molar-refractivity contribution is 6.02. The summed E-state index contributed by atoms with van der Waals surface area (Å²) in [6, 6.07) is 16.4. The van der Waals surface area contributed by atoms with Gasteiger partial charge in [-0.1, -0.05) is 48.0 Å². The summed E-state index contributed by atoms with van der Waals surface area (Å²) in [5, 5.41) is 0. The first-order valence-electron chi connectivity index (χ1n) is 10.9. The molecule has 0 aromatic heterocycles. The first kappa shape index (κ1) is 21.2. The van der Waals surface area contributed by atoms with Gasteiger partial charge in [-0.05, 0) is 31.0 Å². The van der Waals surface area contributed by atoms with E-state index in [2.05, 4.69) is 53.1 Å². The molecule has 0 N–H and O–H groups in total. The molecule has 2 aromatic rings. The van der Waals surface area contributed by atoms with Crippen molar-refractivity contribution in [3.8, 4) is 0 Å². The summed E-state index contributed by atoms with van der Waals surface area (Å²) in [5.41, 5.74) is 4.18. The molecule has 2 saturated heterocycles. The van der Waals surface area contributed by atoms with Crippen molar-refractivity contribution in [3.05, 3.63) is 70.8 Å². The van der Waals surface area contributed by atoms with Crippen molar-refractivity contribution in [3.63, 3.8) is 0 Å². The van der Waals surface area contributed by atoms with Gasteiger partial charge in [-0.15, -0.1) is 0 Å². The number of morpholine rings is 2. The Morgan fingerprint density at radius 3 is 2.07 bits per heavy atom. The van der Waals surface area contributed by atoms with Crippen LogP contribution in [0.1, 0.15) is 33.1 Å². The van der Waals surface area contributed by atoms with Crippen LogP contribution in [0.4, 0.5) is 0 Å². The highest BCUT2D eigenvalue weighted by Gasteiger charge is 2.40. The normalized spacial score (nSPS) is 20.6. The third kappa shape index (κ3) is 4.65. The molecule has 2 aromatic carbocycles. The van der Waals surface area contributed by atoms with Crippen molar-refractivity contribution in [1.82, 2.24) is 9.80 Å². The van der Waals surface area contributed by atoms with Crippen molar-refractivity contribution in [1.29, 1.82) is 0 Å². The summed E-state index contributed by atoms with van der Waals surface area (Å²) < 4.78 is 11.3. The Labute approximate surface area is 179 Å². The molecule has 2 atom stereocenters. The number of ether oxygens (including phenoxy) is 2. The molecule has 2 aliphatic heterocycles. The molecule has 2 unspecified atom stereocenters. The van der Waals surface area contributed by atoms with Gasteiger partial charge in [-0.2, -0.15) is 0 Å². The van der Waals surface area contributed by atoms with E-state index in [4.69, 9.17) is 9.47 Å². The summed E-state index contributed by atoms with van der Waals surface area (Å²) in [6.45, 7) is 10.0. The summed E-state index contributed by atoms with van der Waals surface area (Å²) >= 11 is 0. The van der Waals surface area contributed by atoms with Crippen LogP contribution < -0.4 is 0 Å². The Morgan fingerprint density at radius 1 is 0.833 bits per heavy atom. The zero-order chi connectivity index (χ0) is 20.9. The van der Waals surface area contributed by atoms with Crippen LogP contribution in [0.3, 0.4) is 0 Å². The Morgan fingerprint density at radius 2 is 1.43 bits per heavy atom. The molecule has 2 aliphatic rings. The van der Waals surface area contributed by atoms with Crippen LogP contribution in [0.5, 0.6) is 0 Å². The molecule has 4 rings (SSSR count). The van der Waals surface area contributed by atoms with E-state index in [0.717, 1.165) is 42.9 Å². The number of rotatable bonds is 6. The van der Waals surface area contributed by atoms with E-state index in [0.29, 0.717) is 26.4 Å². The SMILES string of the molecule is Cc1ccc(C)c(C(=O)C(C(c2ccccc2)N2CCOCC2)N2CCOCC2)c1. The monoisotopic (exact) mass is 408 g/mol. The second-order valence-electron chi connectivity index (χ2n) is 8.28. The first-order valence-corrected chi connectivity index (χ1v) is 10.9. The third-order valence-corrected chi connectivity index (χ3v) is 6.25. The highest BCUT2D eigenvalue weighted by atomic mass is 16.5. The maximum Gasteiger partial charge on any atom is 0.182 e. The smallest absolute Gasteiger partial charge is 0.182 e. The van der Waals surface area contributed by atoms with E-state index < -0.39 is 0 Å². The van der Waals surface area contributed by atoms with Crippen LogP contribution in [0.2, 0.25) is 0 Å². The van der Waals surface area contributed by atoms with Gasteiger partial charge < -0.3 is 9.47 Å². The number of carbonyl (C=O) groups excluding carboxylic acids is 1. The predicted octanol–water partition coefficient (Wildman–Crippen LogP) is 3.26. The Balaban J connectivity index is 1.79. The third-order valence-electron chi connectivity index (χ3n) is 6.25. The van der Waals surface area contributed by atoms with Gasteiger partial charge in [0.05, 0.1) is 38.5 Å². The fourth-order valence-electron chi connectivity index (χ4n) is 4.62. The Kier molecular flexibility index (Phi) is 6.95. The molecular formula is C25H32N2O3. The van der Waals surface area contributed by atoms with Gasteiger partial charge in [-0.3, -0.25) is 14.6 Å². The van der Waals surface area contributed by atoms with E-state index in [9.17, 15) is 4.79 Å². The van der Waals surface area contributed by atoms with Gasteiger partial charge in [0.1, 0.15) is 0 Å². The molecule has 2 heterocycles. The standard InChI is InChI=1S/C25H32N2O3/c1-19-8-9-20(2)22(18-19)25(28)24(27-12-16-30-17-13-27)23(21-6-4-3-5-7-21)26-10-14-29-15-11-26/h3-9,18,23-24H,10-17H2,1-2H3. The second-order valence-corrected chi connectivity index (χ2v) is 8.28. The van der Waals surface area contributed by atoms with Gasteiger partial charge in [0.25, 0.3) is 0 Å². The maximum absolute atomic E-state index is 14.1. The molecule has 0 spiro atoms. The molecule has 5 nitrogen and oxygen atoms in total. The van der Waals surface area contributed by atoms with Gasteiger partial charge in [0.2, 0.25) is 0 Å². The van der Waals surface area contributed by atoms with Crippen molar-refractivity contribution in [2.24, 2.45) is 0 Å². The molecular weight excluding hydrogens is 376 g/mol. The summed E-state index contributed by atoms with van der Waals surface area (Å²) in [4.78, 5) is 18.9.